The van der Waals surface area contributed by atoms with Crippen LogP contribution >= 0.6 is 0 Å². The fraction of sp³-hybridized carbons (Fsp3) is 0.846. The van der Waals surface area contributed by atoms with Crippen molar-refractivity contribution in [2.45, 2.75) is 31.4 Å². The third-order valence-electron chi connectivity index (χ3n) is 3.88. The van der Waals surface area contributed by atoms with Gasteiger partial charge in [-0.15, -0.1) is 0 Å². The molecule has 1 aliphatic carbocycles. The Hall–Kier alpha value is -1.16. The second-order valence-electron chi connectivity index (χ2n) is 5.60. The Morgan fingerprint density at radius 3 is 2.95 bits per heavy atom. The summed E-state index contributed by atoms with van der Waals surface area (Å²) in [4.78, 5) is 14.1. The fourth-order valence-corrected chi connectivity index (χ4v) is 2.48. The van der Waals surface area contributed by atoms with E-state index in [0.717, 1.165) is 19.4 Å². The molecule has 19 heavy (non-hydrogen) atoms. The number of rotatable bonds is 5. The van der Waals surface area contributed by atoms with Crippen molar-refractivity contribution in [3.63, 3.8) is 0 Å². The molecule has 1 aliphatic heterocycles. The molecule has 3 N–H and O–H groups in total. The molecule has 2 aliphatic rings. The summed E-state index contributed by atoms with van der Waals surface area (Å²) in [7, 11) is 0. The first-order chi connectivity index (χ1) is 9.07. The molecule has 2 atom stereocenters. The number of nitrogens with one attached hydrogen (secondary N) is 1. The van der Waals surface area contributed by atoms with Gasteiger partial charge in [0, 0.05) is 19.6 Å². The van der Waals surface area contributed by atoms with Crippen LogP contribution in [0.2, 0.25) is 0 Å². The van der Waals surface area contributed by atoms with E-state index >= 15 is 0 Å². The third kappa shape index (κ3) is 3.66. The first kappa shape index (κ1) is 14.3. The summed E-state index contributed by atoms with van der Waals surface area (Å²) >= 11 is 0. The van der Waals surface area contributed by atoms with E-state index in [4.69, 9.17) is 10.5 Å². The number of morpholine rings is 1. The lowest BCUT2D eigenvalue weighted by molar-refractivity contribution is -0.125. The number of nitrogens with two attached hydrogens (primary N) is 1. The van der Waals surface area contributed by atoms with Gasteiger partial charge in [-0.05, 0) is 25.7 Å². The van der Waals surface area contributed by atoms with Gasteiger partial charge in [-0.1, -0.05) is 0 Å². The van der Waals surface area contributed by atoms with E-state index in [1.165, 1.54) is 0 Å². The number of nitrogens with zero attached hydrogens (tertiary/aromatic N) is 2. The highest BCUT2D eigenvalue weighted by Crippen LogP contribution is 2.39. The summed E-state index contributed by atoms with van der Waals surface area (Å²) in [6.45, 7) is 4.60. The Bertz CT molecular complexity index is 377. The lowest BCUT2D eigenvalue weighted by atomic mass is 9.98. The smallest absolute Gasteiger partial charge is 0.235 e. The monoisotopic (exact) mass is 266 g/mol. The van der Waals surface area contributed by atoms with Gasteiger partial charge in [0.1, 0.15) is 5.54 Å². The van der Waals surface area contributed by atoms with Gasteiger partial charge in [0.25, 0.3) is 0 Å². The van der Waals surface area contributed by atoms with Gasteiger partial charge in [-0.3, -0.25) is 9.69 Å². The van der Waals surface area contributed by atoms with Crippen molar-refractivity contribution in [3.8, 4) is 6.07 Å². The maximum absolute atomic E-state index is 12.0. The zero-order valence-electron chi connectivity index (χ0n) is 11.4. The van der Waals surface area contributed by atoms with Crippen molar-refractivity contribution in [1.82, 2.24) is 10.2 Å². The number of hydrogen-bond donors (Lipinski definition) is 2. The fourth-order valence-electron chi connectivity index (χ4n) is 2.48. The van der Waals surface area contributed by atoms with Crippen molar-refractivity contribution in [2.75, 3.05) is 32.8 Å². The Labute approximate surface area is 113 Å². The van der Waals surface area contributed by atoms with E-state index in [-0.39, 0.29) is 12.0 Å². The number of carbonyl (C=O) groups is 1. The van der Waals surface area contributed by atoms with Crippen LogP contribution in [0.25, 0.3) is 0 Å². The van der Waals surface area contributed by atoms with Crippen molar-refractivity contribution in [2.24, 2.45) is 11.7 Å². The molecule has 0 bridgehead atoms. The van der Waals surface area contributed by atoms with Crippen LogP contribution in [0.1, 0.15) is 19.8 Å². The third-order valence-corrected chi connectivity index (χ3v) is 3.88. The number of nitriles is 1. The van der Waals surface area contributed by atoms with E-state index in [2.05, 4.69) is 11.4 Å². The summed E-state index contributed by atoms with van der Waals surface area (Å²) < 4.78 is 5.46. The minimum absolute atomic E-state index is 0.00679. The van der Waals surface area contributed by atoms with Gasteiger partial charge in [-0.25, -0.2) is 0 Å². The normalized spacial score (nSPS) is 27.3. The number of carbonyl (C=O) groups excluding carboxylic acids is 1. The number of ether oxygens (including phenoxy) is 1. The summed E-state index contributed by atoms with van der Waals surface area (Å²) in [5.74, 6) is 0.219. The standard InChI is InChI=1S/C13H22N4O2/c1-13(9-15,10-2-3-10)16-12(18)8-17-4-5-19-11(6-14)7-17/h10-11H,2-8,14H2,1H3,(H,16,18). The van der Waals surface area contributed by atoms with E-state index in [1.807, 2.05) is 11.8 Å². The van der Waals surface area contributed by atoms with Gasteiger partial charge >= 0.3 is 0 Å². The lowest BCUT2D eigenvalue weighted by Gasteiger charge is -2.32. The van der Waals surface area contributed by atoms with Gasteiger partial charge < -0.3 is 15.8 Å². The highest BCUT2D eigenvalue weighted by Gasteiger charge is 2.43. The van der Waals surface area contributed by atoms with E-state index in [1.54, 1.807) is 0 Å². The quantitative estimate of drug-likeness (QED) is 0.697. The van der Waals surface area contributed by atoms with Gasteiger partial charge in [0.2, 0.25) is 5.91 Å². The maximum Gasteiger partial charge on any atom is 0.235 e. The number of amides is 1. The van der Waals surface area contributed by atoms with E-state index in [9.17, 15) is 10.1 Å². The van der Waals surface area contributed by atoms with Crippen molar-refractivity contribution >= 4 is 5.91 Å². The van der Waals surface area contributed by atoms with E-state index < -0.39 is 5.54 Å². The predicted octanol–water partition coefficient (Wildman–Crippen LogP) is -0.546. The summed E-state index contributed by atoms with van der Waals surface area (Å²) in [5, 5.41) is 12.1. The average Bonchev–Trinajstić information content (AvgIpc) is 3.23. The highest BCUT2D eigenvalue weighted by molar-refractivity contribution is 5.79. The second-order valence-corrected chi connectivity index (χ2v) is 5.60. The molecule has 1 amide bonds. The minimum atomic E-state index is -0.712. The molecule has 1 heterocycles. The second kappa shape index (κ2) is 5.87. The molecule has 0 aromatic carbocycles. The van der Waals surface area contributed by atoms with Crippen LogP contribution in [0.15, 0.2) is 0 Å². The predicted molar refractivity (Wildman–Crippen MR) is 70.1 cm³/mol. The molecule has 2 fully saturated rings. The van der Waals surface area contributed by atoms with Crippen molar-refractivity contribution in [1.29, 1.82) is 5.26 Å². The summed E-state index contributed by atoms with van der Waals surface area (Å²) in [5.41, 5.74) is 4.86. The molecule has 2 unspecified atom stereocenters. The first-order valence-corrected chi connectivity index (χ1v) is 6.83. The Kier molecular flexibility index (Phi) is 4.40. The van der Waals surface area contributed by atoms with Crippen LogP contribution in [-0.2, 0) is 9.53 Å². The molecule has 1 saturated heterocycles. The topological polar surface area (TPSA) is 91.4 Å². The van der Waals surface area contributed by atoms with Gasteiger partial charge in [0.05, 0.1) is 25.3 Å². The molecular weight excluding hydrogens is 244 g/mol. The zero-order valence-corrected chi connectivity index (χ0v) is 11.4. The molecule has 0 aromatic heterocycles. The van der Waals surface area contributed by atoms with Crippen molar-refractivity contribution < 1.29 is 9.53 Å². The molecule has 6 nitrogen and oxygen atoms in total. The molecule has 1 saturated carbocycles. The van der Waals surface area contributed by atoms with Crippen LogP contribution < -0.4 is 11.1 Å². The molecule has 0 aromatic rings. The minimum Gasteiger partial charge on any atom is -0.374 e. The molecule has 0 radical (unpaired) electrons. The molecule has 0 spiro atoms. The number of hydrogen-bond acceptors (Lipinski definition) is 5. The molecule has 106 valence electrons. The average molecular weight is 266 g/mol. The Balaban J connectivity index is 1.82. The Morgan fingerprint density at radius 1 is 1.63 bits per heavy atom. The van der Waals surface area contributed by atoms with E-state index in [0.29, 0.717) is 32.2 Å². The highest BCUT2D eigenvalue weighted by atomic mass is 16.5. The lowest BCUT2D eigenvalue weighted by Crippen LogP contribution is -2.53. The summed E-state index contributed by atoms with van der Waals surface area (Å²) in [6.07, 6.45) is 2.06. The zero-order chi connectivity index (χ0) is 13.9. The molecular formula is C13H22N4O2. The Morgan fingerprint density at radius 2 is 2.37 bits per heavy atom. The maximum atomic E-state index is 12.0. The van der Waals surface area contributed by atoms with Crippen molar-refractivity contribution in [3.05, 3.63) is 0 Å². The molecule has 2 rings (SSSR count). The molecule has 6 heteroatoms. The van der Waals surface area contributed by atoms with Crippen LogP contribution in [0, 0.1) is 17.2 Å². The van der Waals surface area contributed by atoms with Gasteiger partial charge in [0.15, 0.2) is 0 Å². The van der Waals surface area contributed by atoms with Crippen LogP contribution in [0.4, 0.5) is 0 Å². The van der Waals surface area contributed by atoms with Gasteiger partial charge in [-0.2, -0.15) is 5.26 Å². The van der Waals surface area contributed by atoms with Crippen LogP contribution in [0.5, 0.6) is 0 Å². The first-order valence-electron chi connectivity index (χ1n) is 6.83. The summed E-state index contributed by atoms with van der Waals surface area (Å²) in [6, 6.07) is 2.23. The largest absolute Gasteiger partial charge is 0.374 e. The van der Waals surface area contributed by atoms with Crippen LogP contribution in [-0.4, -0.2) is 55.2 Å². The van der Waals surface area contributed by atoms with Crippen LogP contribution in [0.3, 0.4) is 0 Å². The SMILES string of the molecule is CC(C#N)(NC(=O)CN1CCOC(CN)C1)C1CC1.